The highest BCUT2D eigenvalue weighted by atomic mass is 16.2. The molecule has 4 heteroatoms. The van der Waals surface area contributed by atoms with Crippen molar-refractivity contribution < 1.29 is 9.69 Å². The van der Waals surface area contributed by atoms with Crippen LogP contribution in [0, 0.1) is 17.2 Å². The quantitative estimate of drug-likeness (QED) is 0.868. The maximum Gasteiger partial charge on any atom is 0.282 e. The number of hydrogen-bond donors (Lipinski definition) is 2. The van der Waals surface area contributed by atoms with Gasteiger partial charge in [-0.15, -0.1) is 0 Å². The maximum absolute atomic E-state index is 12.3. The summed E-state index contributed by atoms with van der Waals surface area (Å²) in [7, 11) is 0. The normalized spacial score (nSPS) is 23.6. The Morgan fingerprint density at radius 3 is 2.70 bits per heavy atom. The number of likely N-dealkylation sites (tertiary alicyclic amines) is 1. The highest BCUT2D eigenvalue weighted by Gasteiger charge is 2.28. The minimum atomic E-state index is -0.0748. The number of amides is 1. The summed E-state index contributed by atoms with van der Waals surface area (Å²) in [6.07, 6.45) is 2.36. The number of hydrogen-bond acceptors (Lipinski definition) is 2. The summed E-state index contributed by atoms with van der Waals surface area (Å²) >= 11 is 0. The number of nitriles is 1. The third kappa shape index (κ3) is 3.37. The zero-order valence-corrected chi connectivity index (χ0v) is 12.1. The number of quaternary nitrogens is 1. The minimum Gasteiger partial charge on any atom is -0.325 e. The first-order valence-electron chi connectivity index (χ1n) is 7.26. The zero-order chi connectivity index (χ0) is 14.5. The van der Waals surface area contributed by atoms with Gasteiger partial charge in [-0.05, 0) is 37.8 Å². The SMILES string of the molecule is CC1CC[NH+]([C@H](C)C(=O)Nc2ccccc2C#N)CC1. The molecule has 1 aromatic carbocycles. The van der Waals surface area contributed by atoms with E-state index >= 15 is 0 Å². The van der Waals surface area contributed by atoms with Crippen molar-refractivity contribution >= 4 is 11.6 Å². The molecule has 1 aliphatic heterocycles. The fraction of sp³-hybridized carbons (Fsp3) is 0.500. The molecule has 106 valence electrons. The van der Waals surface area contributed by atoms with Gasteiger partial charge in [0.1, 0.15) is 6.07 Å². The summed E-state index contributed by atoms with van der Waals surface area (Å²) in [4.78, 5) is 13.7. The lowest BCUT2D eigenvalue weighted by Gasteiger charge is -2.31. The van der Waals surface area contributed by atoms with Crippen LogP contribution in [0.25, 0.3) is 0 Å². The molecule has 1 atom stereocenters. The summed E-state index contributed by atoms with van der Waals surface area (Å²) in [5, 5.41) is 11.9. The van der Waals surface area contributed by atoms with E-state index in [1.165, 1.54) is 17.7 Å². The van der Waals surface area contributed by atoms with Crippen LogP contribution in [0.3, 0.4) is 0 Å². The lowest BCUT2D eigenvalue weighted by atomic mass is 9.98. The number of piperidine rings is 1. The number of nitrogens with zero attached hydrogens (tertiary/aromatic N) is 1. The lowest BCUT2D eigenvalue weighted by molar-refractivity contribution is -0.919. The molecule has 1 aliphatic rings. The van der Waals surface area contributed by atoms with Crippen molar-refractivity contribution in [3.05, 3.63) is 29.8 Å². The van der Waals surface area contributed by atoms with E-state index in [9.17, 15) is 4.79 Å². The average molecular weight is 272 g/mol. The second-order valence-electron chi connectivity index (χ2n) is 5.71. The molecule has 0 bridgehead atoms. The Hall–Kier alpha value is -1.86. The van der Waals surface area contributed by atoms with Gasteiger partial charge in [0.2, 0.25) is 0 Å². The fourth-order valence-electron chi connectivity index (χ4n) is 2.68. The van der Waals surface area contributed by atoms with Crippen molar-refractivity contribution in [1.82, 2.24) is 0 Å². The van der Waals surface area contributed by atoms with E-state index in [0.29, 0.717) is 11.3 Å². The summed E-state index contributed by atoms with van der Waals surface area (Å²) in [6.45, 7) is 6.34. The molecular formula is C16H22N3O+. The number of carbonyl (C=O) groups is 1. The van der Waals surface area contributed by atoms with Crippen molar-refractivity contribution in [1.29, 1.82) is 5.26 Å². The first-order valence-corrected chi connectivity index (χ1v) is 7.26. The molecule has 0 radical (unpaired) electrons. The molecule has 2 N–H and O–H groups in total. The molecule has 1 fully saturated rings. The third-order valence-corrected chi connectivity index (χ3v) is 4.23. The van der Waals surface area contributed by atoms with Gasteiger partial charge in [0.15, 0.2) is 6.04 Å². The Kier molecular flexibility index (Phi) is 4.75. The van der Waals surface area contributed by atoms with E-state index in [0.717, 1.165) is 19.0 Å². The third-order valence-electron chi connectivity index (χ3n) is 4.23. The van der Waals surface area contributed by atoms with Gasteiger partial charge in [-0.25, -0.2) is 0 Å². The summed E-state index contributed by atoms with van der Waals surface area (Å²) < 4.78 is 0. The number of nitrogens with one attached hydrogen (secondary N) is 2. The molecule has 0 aromatic heterocycles. The predicted molar refractivity (Wildman–Crippen MR) is 78.3 cm³/mol. The van der Waals surface area contributed by atoms with E-state index in [1.807, 2.05) is 13.0 Å². The van der Waals surface area contributed by atoms with Gasteiger partial charge in [0.05, 0.1) is 24.3 Å². The number of benzene rings is 1. The standard InChI is InChI=1S/C16H21N3O/c1-12-7-9-19(10-8-12)13(2)16(20)18-15-6-4-3-5-14(15)11-17/h3-6,12-13H,7-10H2,1-2H3,(H,18,20)/p+1/t13-/m1/s1. The molecule has 4 nitrogen and oxygen atoms in total. The van der Waals surface area contributed by atoms with E-state index in [2.05, 4.69) is 18.3 Å². The van der Waals surface area contributed by atoms with Crippen LogP contribution in [0.2, 0.25) is 0 Å². The number of para-hydroxylation sites is 1. The molecule has 20 heavy (non-hydrogen) atoms. The van der Waals surface area contributed by atoms with Crippen molar-refractivity contribution in [2.24, 2.45) is 5.92 Å². The van der Waals surface area contributed by atoms with E-state index in [1.54, 1.807) is 18.2 Å². The van der Waals surface area contributed by atoms with Crippen LogP contribution in [0.15, 0.2) is 24.3 Å². The van der Waals surface area contributed by atoms with Crippen LogP contribution in [-0.2, 0) is 4.79 Å². The van der Waals surface area contributed by atoms with Crippen molar-refractivity contribution in [3.63, 3.8) is 0 Å². The molecular weight excluding hydrogens is 250 g/mol. The van der Waals surface area contributed by atoms with Crippen LogP contribution < -0.4 is 10.2 Å². The van der Waals surface area contributed by atoms with Crippen molar-refractivity contribution in [2.45, 2.75) is 32.7 Å². The summed E-state index contributed by atoms with van der Waals surface area (Å²) in [5.41, 5.74) is 1.12. The molecule has 1 aromatic rings. The monoisotopic (exact) mass is 272 g/mol. The first-order chi connectivity index (χ1) is 9.61. The average Bonchev–Trinajstić information content (AvgIpc) is 2.48. The van der Waals surface area contributed by atoms with Gasteiger partial charge in [-0.3, -0.25) is 4.79 Å². The highest BCUT2D eigenvalue weighted by molar-refractivity contribution is 5.94. The van der Waals surface area contributed by atoms with Crippen LogP contribution in [-0.4, -0.2) is 25.0 Å². The number of carbonyl (C=O) groups excluding carboxylic acids is 1. The Labute approximate surface area is 120 Å². The highest BCUT2D eigenvalue weighted by Crippen LogP contribution is 2.13. The van der Waals surface area contributed by atoms with Gasteiger partial charge in [0, 0.05) is 0 Å². The predicted octanol–water partition coefficient (Wildman–Crippen LogP) is 1.20. The fourth-order valence-corrected chi connectivity index (χ4v) is 2.68. The van der Waals surface area contributed by atoms with Crippen LogP contribution in [0.1, 0.15) is 32.3 Å². The molecule has 1 heterocycles. The van der Waals surface area contributed by atoms with Crippen LogP contribution >= 0.6 is 0 Å². The molecule has 0 spiro atoms. The minimum absolute atomic E-state index is 0.00254. The Morgan fingerprint density at radius 1 is 1.40 bits per heavy atom. The van der Waals surface area contributed by atoms with Gasteiger partial charge in [-0.1, -0.05) is 19.1 Å². The smallest absolute Gasteiger partial charge is 0.282 e. The van der Waals surface area contributed by atoms with E-state index in [4.69, 9.17) is 5.26 Å². The maximum atomic E-state index is 12.3. The first kappa shape index (κ1) is 14.5. The number of anilines is 1. The second-order valence-corrected chi connectivity index (χ2v) is 5.71. The topological polar surface area (TPSA) is 57.3 Å². The Balaban J connectivity index is 1.99. The Bertz CT molecular complexity index is 513. The molecule has 0 unspecified atom stereocenters. The van der Waals surface area contributed by atoms with Gasteiger partial charge in [0.25, 0.3) is 5.91 Å². The van der Waals surface area contributed by atoms with Crippen LogP contribution in [0.4, 0.5) is 5.69 Å². The summed E-state index contributed by atoms with van der Waals surface area (Å²) in [5.74, 6) is 0.769. The van der Waals surface area contributed by atoms with Gasteiger partial charge >= 0.3 is 0 Å². The van der Waals surface area contributed by atoms with Crippen molar-refractivity contribution in [3.8, 4) is 6.07 Å². The van der Waals surface area contributed by atoms with Crippen LogP contribution in [0.5, 0.6) is 0 Å². The van der Waals surface area contributed by atoms with E-state index < -0.39 is 0 Å². The lowest BCUT2D eigenvalue weighted by Crippen LogP contribution is -3.17. The molecule has 0 saturated carbocycles. The molecule has 0 aliphatic carbocycles. The molecule has 1 amide bonds. The molecule has 1 saturated heterocycles. The van der Waals surface area contributed by atoms with Gasteiger partial charge in [-0.2, -0.15) is 5.26 Å². The van der Waals surface area contributed by atoms with Crippen molar-refractivity contribution in [2.75, 3.05) is 18.4 Å². The molecule has 2 rings (SSSR count). The second kappa shape index (κ2) is 6.53. The summed E-state index contributed by atoms with van der Waals surface area (Å²) in [6, 6.07) is 9.15. The van der Waals surface area contributed by atoms with Gasteiger partial charge < -0.3 is 10.2 Å². The van der Waals surface area contributed by atoms with E-state index in [-0.39, 0.29) is 11.9 Å². The zero-order valence-electron chi connectivity index (χ0n) is 12.1. The Morgan fingerprint density at radius 2 is 2.05 bits per heavy atom. The number of rotatable bonds is 3. The largest absolute Gasteiger partial charge is 0.325 e.